The van der Waals surface area contributed by atoms with Gasteiger partial charge >= 0.3 is 6.55 Å². The van der Waals surface area contributed by atoms with Crippen LogP contribution in [0.15, 0.2) is 79.4 Å². The van der Waals surface area contributed by atoms with Crippen molar-refractivity contribution in [3.05, 3.63) is 96.3 Å². The van der Waals surface area contributed by atoms with Gasteiger partial charge in [-0.1, -0.05) is 18.7 Å². The van der Waals surface area contributed by atoms with E-state index in [0.29, 0.717) is 68.5 Å². The summed E-state index contributed by atoms with van der Waals surface area (Å²) in [7, 11) is 0. The number of hydrogen-bond acceptors (Lipinski definition) is 9. The van der Waals surface area contributed by atoms with Crippen molar-refractivity contribution in [2.24, 2.45) is 5.92 Å². The summed E-state index contributed by atoms with van der Waals surface area (Å²) < 4.78 is 57.0. The fraction of sp³-hybridized carbons (Fsp3) is 0.413. The molecule has 0 radical (unpaired) electrons. The fourth-order valence-corrected chi connectivity index (χ4v) is 9.88. The molecule has 10 rings (SSSR count). The summed E-state index contributed by atoms with van der Waals surface area (Å²) in [6.45, 7) is 5.48. The van der Waals surface area contributed by atoms with Crippen molar-refractivity contribution in [2.45, 2.75) is 82.3 Å². The van der Waals surface area contributed by atoms with Gasteiger partial charge < -0.3 is 24.6 Å². The number of benzene rings is 2. The van der Waals surface area contributed by atoms with Crippen molar-refractivity contribution >= 4 is 45.2 Å². The Kier molecular flexibility index (Phi) is 10.3. The van der Waals surface area contributed by atoms with Gasteiger partial charge in [-0.25, -0.2) is 9.37 Å². The fourth-order valence-electron chi connectivity index (χ4n) is 9.88. The molecule has 7 heterocycles. The van der Waals surface area contributed by atoms with E-state index in [9.17, 15) is 23.2 Å². The Labute approximate surface area is 350 Å². The van der Waals surface area contributed by atoms with Gasteiger partial charge in [-0.3, -0.25) is 28.8 Å². The number of nitrogens with zero attached hydrogens (tertiary/aromatic N) is 6. The van der Waals surface area contributed by atoms with Crippen LogP contribution in [0, 0.1) is 11.7 Å². The first-order valence-electron chi connectivity index (χ1n) is 21.2. The summed E-state index contributed by atoms with van der Waals surface area (Å²) in [5, 5.41) is 3.95. The molecule has 1 unspecified atom stereocenters. The number of carbonyl (C=O) groups is 3. The first kappa shape index (κ1) is 39.3. The number of pyridine rings is 2. The number of nitrogens with one attached hydrogen (secondary N) is 1. The third-order valence-corrected chi connectivity index (χ3v) is 13.2. The number of anilines is 1. The molecule has 15 heteroatoms. The molecule has 3 aromatic heterocycles. The Balaban J connectivity index is 0.661. The normalized spacial score (nSPS) is 23.0. The van der Waals surface area contributed by atoms with Gasteiger partial charge in [-0.2, -0.15) is 8.78 Å². The summed E-state index contributed by atoms with van der Waals surface area (Å²) in [5.41, 5.74) is 3.95. The van der Waals surface area contributed by atoms with Crippen molar-refractivity contribution < 1.29 is 37.0 Å². The Bertz CT molecular complexity index is 2560. The molecule has 1 aliphatic carbocycles. The zero-order valence-electron chi connectivity index (χ0n) is 33.6. The van der Waals surface area contributed by atoms with Gasteiger partial charge in [0.1, 0.15) is 12.1 Å². The van der Waals surface area contributed by atoms with Gasteiger partial charge in [0.15, 0.2) is 5.82 Å². The minimum Gasteiger partial charge on any atom is -0.472 e. The van der Waals surface area contributed by atoms with Crippen LogP contribution in [0.25, 0.3) is 32.9 Å². The zero-order valence-corrected chi connectivity index (χ0v) is 33.6. The number of halogens is 3. The van der Waals surface area contributed by atoms with Gasteiger partial charge in [0.25, 0.3) is 17.7 Å². The highest BCUT2D eigenvalue weighted by Gasteiger charge is 2.44. The molecule has 5 aliphatic rings. The number of hydrogen-bond donors (Lipinski definition) is 1. The van der Waals surface area contributed by atoms with Crippen LogP contribution in [-0.4, -0.2) is 99.1 Å². The summed E-state index contributed by atoms with van der Waals surface area (Å²) in [6, 6.07) is 12.6. The van der Waals surface area contributed by atoms with Gasteiger partial charge in [-0.05, 0) is 99.2 Å². The maximum absolute atomic E-state index is 15.3. The van der Waals surface area contributed by atoms with E-state index in [-0.39, 0.29) is 30.1 Å². The maximum Gasteiger partial charge on any atom is 0.319 e. The van der Waals surface area contributed by atoms with Crippen LogP contribution in [-0.2, 0) is 9.53 Å². The van der Waals surface area contributed by atoms with Gasteiger partial charge in [-0.15, -0.1) is 0 Å². The molecule has 5 aromatic rings. The number of alkyl halides is 2. The van der Waals surface area contributed by atoms with Crippen LogP contribution < -0.4 is 15.0 Å². The second kappa shape index (κ2) is 15.9. The monoisotopic (exact) mass is 833 g/mol. The third-order valence-electron chi connectivity index (χ3n) is 13.2. The summed E-state index contributed by atoms with van der Waals surface area (Å²) in [5.74, 6) is -1.40. The van der Waals surface area contributed by atoms with Gasteiger partial charge in [0.05, 0.1) is 34.4 Å². The predicted molar refractivity (Wildman–Crippen MR) is 222 cm³/mol. The average molecular weight is 834 g/mol. The number of rotatable bonds is 10. The van der Waals surface area contributed by atoms with E-state index in [1.165, 1.54) is 18.5 Å². The van der Waals surface area contributed by atoms with Crippen molar-refractivity contribution in [1.82, 2.24) is 29.7 Å². The number of allylic oxidation sites excluding steroid dienone is 1. The number of likely N-dealkylation sites (tertiary alicyclic amines) is 1. The topological polar surface area (TPSA) is 122 Å². The summed E-state index contributed by atoms with van der Waals surface area (Å²) in [6.07, 6.45) is 11.0. The van der Waals surface area contributed by atoms with Crippen molar-refractivity contribution in [3.63, 3.8) is 0 Å². The molecule has 316 valence electrons. The smallest absolute Gasteiger partial charge is 0.319 e. The molecule has 61 heavy (non-hydrogen) atoms. The van der Waals surface area contributed by atoms with Gasteiger partial charge in [0.2, 0.25) is 5.91 Å². The lowest BCUT2D eigenvalue weighted by molar-refractivity contribution is -0.125. The largest absolute Gasteiger partial charge is 0.472 e. The van der Waals surface area contributed by atoms with E-state index >= 15 is 4.39 Å². The van der Waals surface area contributed by atoms with Crippen molar-refractivity contribution in [1.29, 1.82) is 0 Å². The van der Waals surface area contributed by atoms with Crippen LogP contribution in [0.1, 0.15) is 78.6 Å². The molecular weight excluding hydrogens is 788 g/mol. The van der Waals surface area contributed by atoms with Crippen LogP contribution >= 0.6 is 0 Å². The standard InChI is InChI=1S/C46H46F3N7O5/c1-26-2-7-40(42(57)52-26)56-44(58)35-6-4-30(22-36(35)45(56)59)54-16-11-32(12-17-54)60-31-9-14-53(15-10-31)25-27-18-33(19-27)61-43-38(47)20-29(23-51-43)28-3-5-34-37-24-50-13-8-39(37)55(46(48)49)41(34)21-28/h3-6,8,13,20-24,27,31-33,40,46H,1-2,7,9-12,14-19,25H2,(H,52,57). The molecule has 0 bridgehead atoms. The van der Waals surface area contributed by atoms with E-state index in [1.54, 1.807) is 42.6 Å². The number of imide groups is 1. The Morgan fingerprint density at radius 2 is 1.56 bits per heavy atom. The first-order valence-corrected chi connectivity index (χ1v) is 21.2. The minimum absolute atomic E-state index is 0.0472. The van der Waals surface area contributed by atoms with E-state index in [2.05, 4.69) is 31.7 Å². The lowest BCUT2D eigenvalue weighted by Gasteiger charge is -2.41. The van der Waals surface area contributed by atoms with Crippen molar-refractivity contribution in [2.75, 3.05) is 37.6 Å². The highest BCUT2D eigenvalue weighted by Crippen LogP contribution is 2.38. The molecule has 0 spiro atoms. The molecule has 1 atom stereocenters. The van der Waals surface area contributed by atoms with Crippen molar-refractivity contribution in [3.8, 4) is 17.0 Å². The molecule has 4 fully saturated rings. The second-order valence-electron chi connectivity index (χ2n) is 17.0. The average Bonchev–Trinajstić information content (AvgIpc) is 3.71. The number of aromatic nitrogens is 3. The highest BCUT2D eigenvalue weighted by molar-refractivity contribution is 6.23. The number of piperidine rings is 3. The van der Waals surface area contributed by atoms with Gasteiger partial charge in [0, 0.05) is 79.0 Å². The SMILES string of the molecule is C=C1CCC(N2C(=O)c3ccc(N4CCC(OC5CCN(CC6CC(Oc7ncc(-c8ccc9c%10cnccc%10n(C(F)F)c9c8)cc7F)C6)CC5)CC4)cc3C2=O)C(=O)N1. The first-order chi connectivity index (χ1) is 29.6. The Hall–Kier alpha value is -5.80. The quantitative estimate of drug-likeness (QED) is 0.143. The number of carbonyl (C=O) groups excluding carboxylic acids is 3. The number of amides is 3. The van der Waals surface area contributed by atoms with Crippen LogP contribution in [0.5, 0.6) is 5.88 Å². The Morgan fingerprint density at radius 1 is 0.803 bits per heavy atom. The molecule has 1 N–H and O–H groups in total. The van der Waals surface area contributed by atoms with E-state index in [1.807, 2.05) is 6.07 Å². The lowest BCUT2D eigenvalue weighted by Crippen LogP contribution is -2.51. The molecule has 3 amide bonds. The zero-order chi connectivity index (χ0) is 41.9. The second-order valence-corrected chi connectivity index (χ2v) is 17.0. The third kappa shape index (κ3) is 7.41. The predicted octanol–water partition coefficient (Wildman–Crippen LogP) is 7.48. The molecule has 2 aromatic carbocycles. The van der Waals surface area contributed by atoms with Crippen LogP contribution in [0.2, 0.25) is 0 Å². The summed E-state index contributed by atoms with van der Waals surface area (Å²) >= 11 is 0. The Morgan fingerprint density at radius 3 is 2.30 bits per heavy atom. The number of ether oxygens (including phenoxy) is 2. The maximum atomic E-state index is 15.3. The van der Waals surface area contributed by atoms with E-state index < -0.39 is 30.2 Å². The summed E-state index contributed by atoms with van der Waals surface area (Å²) in [4.78, 5) is 53.3. The van der Waals surface area contributed by atoms with E-state index in [0.717, 1.165) is 86.4 Å². The molecule has 12 nitrogen and oxygen atoms in total. The molecule has 3 saturated heterocycles. The lowest BCUT2D eigenvalue weighted by atomic mass is 9.81. The molecule has 1 saturated carbocycles. The van der Waals surface area contributed by atoms with Crippen LogP contribution in [0.3, 0.4) is 0 Å². The molecule has 4 aliphatic heterocycles. The van der Waals surface area contributed by atoms with E-state index in [4.69, 9.17) is 9.47 Å². The highest BCUT2D eigenvalue weighted by atomic mass is 19.3. The minimum atomic E-state index is -2.75. The molecular formula is C46H46F3N7O5. The number of fused-ring (bicyclic) bond motifs is 4. The van der Waals surface area contributed by atoms with Crippen LogP contribution in [0.4, 0.5) is 18.9 Å².